The molecular formula is C11H16Cl3N. The minimum Gasteiger partial charge on any atom is -0.324 e. The maximum Gasteiger partial charge on any atom is 0.0468 e. The van der Waals surface area contributed by atoms with Crippen LogP contribution in [0, 0.1) is 5.92 Å². The molecule has 1 unspecified atom stereocenters. The van der Waals surface area contributed by atoms with Crippen LogP contribution in [0.5, 0.6) is 0 Å². The Morgan fingerprint density at radius 1 is 1.33 bits per heavy atom. The predicted octanol–water partition coefficient (Wildman–Crippen LogP) is 4.46. The first-order chi connectivity index (χ1) is 6.56. The molecule has 0 bridgehead atoms. The molecule has 0 saturated carbocycles. The Hall–Kier alpha value is 0.0500. The lowest BCUT2D eigenvalue weighted by Crippen LogP contribution is -2.18. The van der Waals surface area contributed by atoms with Crippen molar-refractivity contribution in [1.29, 1.82) is 0 Å². The predicted molar refractivity (Wildman–Crippen MR) is 70.1 cm³/mol. The fourth-order valence-corrected chi connectivity index (χ4v) is 1.87. The van der Waals surface area contributed by atoms with E-state index in [1.54, 1.807) is 6.07 Å². The Morgan fingerprint density at radius 3 is 2.40 bits per heavy atom. The third-order valence-electron chi connectivity index (χ3n) is 2.58. The molecule has 0 heterocycles. The lowest BCUT2D eigenvalue weighted by molar-refractivity contribution is 0.457. The summed E-state index contributed by atoms with van der Waals surface area (Å²) in [5.74, 6) is 0.425. The first-order valence-electron chi connectivity index (χ1n) is 4.76. The first-order valence-corrected chi connectivity index (χ1v) is 5.52. The summed E-state index contributed by atoms with van der Waals surface area (Å²) in [6.07, 6.45) is 1.04. The van der Waals surface area contributed by atoms with Gasteiger partial charge >= 0.3 is 0 Å². The lowest BCUT2D eigenvalue weighted by Gasteiger charge is -2.19. The Morgan fingerprint density at radius 2 is 1.93 bits per heavy atom. The second-order valence-electron chi connectivity index (χ2n) is 3.58. The Kier molecular flexibility index (Phi) is 6.62. The summed E-state index contributed by atoms with van der Waals surface area (Å²) in [6.45, 7) is 4.24. The maximum atomic E-state index is 6.07. The second kappa shape index (κ2) is 6.59. The molecule has 86 valence electrons. The van der Waals surface area contributed by atoms with E-state index in [1.165, 1.54) is 0 Å². The van der Waals surface area contributed by atoms with Gasteiger partial charge in [0, 0.05) is 16.1 Å². The van der Waals surface area contributed by atoms with Crippen molar-refractivity contribution in [2.45, 2.75) is 26.3 Å². The molecular weight excluding hydrogens is 252 g/mol. The van der Waals surface area contributed by atoms with Crippen LogP contribution in [0.1, 0.15) is 31.9 Å². The molecule has 0 radical (unpaired) electrons. The van der Waals surface area contributed by atoms with Gasteiger partial charge < -0.3 is 5.73 Å². The molecule has 0 saturated heterocycles. The SMILES string of the molecule is CCC(C)[C@H](N)c1ccc(Cl)cc1Cl.Cl. The molecule has 1 nitrogen and oxygen atoms in total. The second-order valence-corrected chi connectivity index (χ2v) is 4.42. The molecule has 0 aliphatic carbocycles. The van der Waals surface area contributed by atoms with Gasteiger partial charge in [-0.1, -0.05) is 49.5 Å². The fourth-order valence-electron chi connectivity index (χ4n) is 1.33. The van der Waals surface area contributed by atoms with Gasteiger partial charge in [-0.05, 0) is 23.6 Å². The average Bonchev–Trinajstić information content (AvgIpc) is 2.15. The highest BCUT2D eigenvalue weighted by Gasteiger charge is 2.15. The van der Waals surface area contributed by atoms with E-state index in [2.05, 4.69) is 13.8 Å². The minimum atomic E-state index is -0.00948. The van der Waals surface area contributed by atoms with Crippen LogP contribution in [0.2, 0.25) is 10.0 Å². The van der Waals surface area contributed by atoms with Crippen molar-refractivity contribution in [3.05, 3.63) is 33.8 Å². The zero-order chi connectivity index (χ0) is 10.7. The number of nitrogens with two attached hydrogens (primary N) is 1. The number of rotatable bonds is 3. The summed E-state index contributed by atoms with van der Waals surface area (Å²) in [7, 11) is 0. The van der Waals surface area contributed by atoms with Gasteiger partial charge in [-0.25, -0.2) is 0 Å². The molecule has 1 aromatic rings. The van der Waals surface area contributed by atoms with Crippen molar-refractivity contribution in [3.63, 3.8) is 0 Å². The topological polar surface area (TPSA) is 26.0 Å². The quantitative estimate of drug-likeness (QED) is 0.860. The van der Waals surface area contributed by atoms with Gasteiger partial charge in [-0.15, -0.1) is 12.4 Å². The van der Waals surface area contributed by atoms with Crippen molar-refractivity contribution in [1.82, 2.24) is 0 Å². The summed E-state index contributed by atoms with van der Waals surface area (Å²) < 4.78 is 0. The van der Waals surface area contributed by atoms with E-state index in [4.69, 9.17) is 28.9 Å². The standard InChI is InChI=1S/C11H15Cl2N.ClH/c1-3-7(2)11(14)9-5-4-8(12)6-10(9)13;/h4-7,11H,3,14H2,1-2H3;1H/t7?,11-;/m0./s1. The van der Waals surface area contributed by atoms with Gasteiger partial charge in [0.05, 0.1) is 0 Å². The largest absolute Gasteiger partial charge is 0.324 e. The molecule has 0 aromatic heterocycles. The molecule has 2 atom stereocenters. The zero-order valence-corrected chi connectivity index (χ0v) is 11.2. The minimum absolute atomic E-state index is 0. The lowest BCUT2D eigenvalue weighted by atomic mass is 9.93. The van der Waals surface area contributed by atoms with E-state index in [1.807, 2.05) is 12.1 Å². The third kappa shape index (κ3) is 3.84. The molecule has 0 aliphatic rings. The summed E-state index contributed by atoms with van der Waals surface area (Å²) in [5.41, 5.74) is 7.05. The van der Waals surface area contributed by atoms with Crippen LogP contribution >= 0.6 is 35.6 Å². The van der Waals surface area contributed by atoms with Crippen LogP contribution in [0.4, 0.5) is 0 Å². The van der Waals surface area contributed by atoms with Crippen molar-refractivity contribution < 1.29 is 0 Å². The Balaban J connectivity index is 0.00000196. The molecule has 0 spiro atoms. The van der Waals surface area contributed by atoms with E-state index in [0.717, 1.165) is 12.0 Å². The molecule has 15 heavy (non-hydrogen) atoms. The summed E-state index contributed by atoms with van der Waals surface area (Å²) in [5, 5.41) is 1.31. The van der Waals surface area contributed by atoms with Crippen LogP contribution < -0.4 is 5.73 Å². The fraction of sp³-hybridized carbons (Fsp3) is 0.455. The van der Waals surface area contributed by atoms with Crippen LogP contribution in [0.15, 0.2) is 18.2 Å². The van der Waals surface area contributed by atoms with E-state index < -0.39 is 0 Å². The number of benzene rings is 1. The van der Waals surface area contributed by atoms with Crippen molar-refractivity contribution >= 4 is 35.6 Å². The van der Waals surface area contributed by atoms with Crippen molar-refractivity contribution in [2.75, 3.05) is 0 Å². The number of halogens is 3. The smallest absolute Gasteiger partial charge is 0.0468 e. The molecule has 1 rings (SSSR count). The highest BCUT2D eigenvalue weighted by atomic mass is 35.5. The van der Waals surface area contributed by atoms with E-state index in [9.17, 15) is 0 Å². The highest BCUT2D eigenvalue weighted by molar-refractivity contribution is 6.35. The Labute approximate surface area is 107 Å². The highest BCUT2D eigenvalue weighted by Crippen LogP contribution is 2.29. The van der Waals surface area contributed by atoms with Crippen molar-refractivity contribution in [3.8, 4) is 0 Å². The summed E-state index contributed by atoms with van der Waals surface area (Å²) in [6, 6.07) is 5.46. The molecule has 1 aromatic carbocycles. The first kappa shape index (κ1) is 15.0. The van der Waals surface area contributed by atoms with Gasteiger partial charge in [-0.3, -0.25) is 0 Å². The normalized spacial score (nSPS) is 14.2. The summed E-state index contributed by atoms with van der Waals surface area (Å²) in [4.78, 5) is 0. The van der Waals surface area contributed by atoms with Gasteiger partial charge in [0.25, 0.3) is 0 Å². The van der Waals surface area contributed by atoms with Crippen LogP contribution in [0.3, 0.4) is 0 Å². The molecule has 0 fully saturated rings. The molecule has 0 amide bonds. The van der Waals surface area contributed by atoms with Gasteiger partial charge in [0.2, 0.25) is 0 Å². The van der Waals surface area contributed by atoms with Crippen LogP contribution in [0.25, 0.3) is 0 Å². The number of hydrogen-bond acceptors (Lipinski definition) is 1. The zero-order valence-electron chi connectivity index (χ0n) is 8.84. The summed E-state index contributed by atoms with van der Waals surface area (Å²) >= 11 is 11.9. The number of hydrogen-bond donors (Lipinski definition) is 1. The molecule has 4 heteroatoms. The molecule has 0 aliphatic heterocycles. The van der Waals surface area contributed by atoms with E-state index >= 15 is 0 Å². The van der Waals surface area contributed by atoms with Crippen LogP contribution in [-0.4, -0.2) is 0 Å². The van der Waals surface area contributed by atoms with Gasteiger partial charge in [-0.2, -0.15) is 0 Å². The van der Waals surface area contributed by atoms with Gasteiger partial charge in [0.15, 0.2) is 0 Å². The Bertz CT molecular complexity index is 315. The van der Waals surface area contributed by atoms with E-state index in [-0.39, 0.29) is 18.4 Å². The van der Waals surface area contributed by atoms with Gasteiger partial charge in [0.1, 0.15) is 0 Å². The van der Waals surface area contributed by atoms with Crippen molar-refractivity contribution in [2.24, 2.45) is 11.7 Å². The third-order valence-corrected chi connectivity index (χ3v) is 3.14. The van der Waals surface area contributed by atoms with Crippen LogP contribution in [-0.2, 0) is 0 Å². The maximum absolute atomic E-state index is 6.07. The average molecular weight is 269 g/mol. The van der Waals surface area contributed by atoms with E-state index in [0.29, 0.717) is 16.0 Å². The monoisotopic (exact) mass is 267 g/mol. The molecule has 2 N–H and O–H groups in total.